The molecule has 0 bridgehead atoms. The van der Waals surface area contributed by atoms with E-state index in [9.17, 15) is 14.1 Å². The van der Waals surface area contributed by atoms with Crippen LogP contribution in [-0.4, -0.2) is 33.3 Å². The predicted octanol–water partition coefficient (Wildman–Crippen LogP) is 2.30. The number of hydrogen-bond donors (Lipinski definition) is 2. The quantitative estimate of drug-likeness (QED) is 0.836. The van der Waals surface area contributed by atoms with Crippen molar-refractivity contribution in [2.24, 2.45) is 0 Å². The lowest BCUT2D eigenvalue weighted by Crippen LogP contribution is -2.33. The van der Waals surface area contributed by atoms with Crippen LogP contribution in [0, 0.1) is 0 Å². The Morgan fingerprint density at radius 2 is 1.90 bits per heavy atom. The first kappa shape index (κ1) is 17.4. The second kappa shape index (κ2) is 7.98. The molecule has 0 aromatic heterocycles. The van der Waals surface area contributed by atoms with Crippen molar-refractivity contribution in [2.75, 3.05) is 12.8 Å². The molecule has 3 atom stereocenters. The van der Waals surface area contributed by atoms with Crippen LogP contribution in [0.4, 0.5) is 0 Å². The third-order valence-corrected chi connectivity index (χ3v) is 4.54. The monoisotopic (exact) mass is 337 g/mol. The standard InChI is InChI=1S/C13H17Cl2NO3S/c1-8(20(2)19)7-16-13(18)6-12(17)9-3-10(14)5-11(15)4-9/h3-5,8,12,17H,6-7H2,1-2H3,(H,16,18). The van der Waals surface area contributed by atoms with E-state index >= 15 is 0 Å². The number of halogens is 2. The highest BCUT2D eigenvalue weighted by molar-refractivity contribution is 7.84. The molecule has 0 heterocycles. The molecule has 0 aliphatic carbocycles. The summed E-state index contributed by atoms with van der Waals surface area (Å²) in [5, 5.41) is 13.3. The third kappa shape index (κ3) is 5.79. The fourth-order valence-electron chi connectivity index (χ4n) is 1.51. The number of aliphatic hydroxyl groups is 1. The lowest BCUT2D eigenvalue weighted by Gasteiger charge is -2.14. The number of hydrogen-bond acceptors (Lipinski definition) is 3. The fraction of sp³-hybridized carbons (Fsp3) is 0.462. The highest BCUT2D eigenvalue weighted by Gasteiger charge is 2.15. The van der Waals surface area contributed by atoms with Gasteiger partial charge in [0.25, 0.3) is 0 Å². The van der Waals surface area contributed by atoms with E-state index in [1.807, 2.05) is 0 Å². The van der Waals surface area contributed by atoms with E-state index in [1.165, 1.54) is 0 Å². The lowest BCUT2D eigenvalue weighted by atomic mass is 10.1. The topological polar surface area (TPSA) is 66.4 Å². The summed E-state index contributed by atoms with van der Waals surface area (Å²) in [6, 6.07) is 4.68. The summed E-state index contributed by atoms with van der Waals surface area (Å²) in [7, 11) is -0.994. The van der Waals surface area contributed by atoms with Gasteiger partial charge in [-0.05, 0) is 30.7 Å². The van der Waals surface area contributed by atoms with E-state index < -0.39 is 16.9 Å². The summed E-state index contributed by atoms with van der Waals surface area (Å²) in [6.07, 6.45) is 0.507. The zero-order valence-electron chi connectivity index (χ0n) is 11.2. The average Bonchev–Trinajstić information content (AvgIpc) is 2.34. The zero-order valence-corrected chi connectivity index (χ0v) is 13.6. The Hall–Kier alpha value is -0.620. The van der Waals surface area contributed by atoms with Gasteiger partial charge in [0, 0.05) is 38.9 Å². The van der Waals surface area contributed by atoms with Gasteiger partial charge in [0.15, 0.2) is 0 Å². The van der Waals surface area contributed by atoms with Crippen LogP contribution in [0.3, 0.4) is 0 Å². The van der Waals surface area contributed by atoms with Gasteiger partial charge >= 0.3 is 0 Å². The van der Waals surface area contributed by atoms with E-state index in [-0.39, 0.29) is 17.6 Å². The van der Waals surface area contributed by atoms with Crippen LogP contribution in [0.15, 0.2) is 18.2 Å². The minimum absolute atomic E-state index is 0.0975. The molecule has 0 radical (unpaired) electrons. The first-order valence-corrected chi connectivity index (χ1v) is 8.40. The molecule has 0 saturated heterocycles. The number of aliphatic hydroxyl groups excluding tert-OH is 1. The lowest BCUT2D eigenvalue weighted by molar-refractivity contribution is -0.123. The molecular formula is C13H17Cl2NO3S. The van der Waals surface area contributed by atoms with Gasteiger partial charge in [0.1, 0.15) is 0 Å². The molecule has 1 aromatic rings. The highest BCUT2D eigenvalue weighted by atomic mass is 35.5. The molecule has 0 fully saturated rings. The van der Waals surface area contributed by atoms with Crippen molar-refractivity contribution in [3.63, 3.8) is 0 Å². The maximum Gasteiger partial charge on any atom is 0.222 e. The van der Waals surface area contributed by atoms with Gasteiger partial charge in [-0.2, -0.15) is 0 Å². The van der Waals surface area contributed by atoms with Gasteiger partial charge in [-0.3, -0.25) is 9.00 Å². The van der Waals surface area contributed by atoms with Gasteiger partial charge < -0.3 is 10.4 Å². The van der Waals surface area contributed by atoms with Crippen molar-refractivity contribution < 1.29 is 14.1 Å². The Bertz CT molecular complexity index is 490. The Kier molecular flexibility index (Phi) is 6.95. The molecule has 1 aromatic carbocycles. The molecule has 2 N–H and O–H groups in total. The summed E-state index contributed by atoms with van der Waals surface area (Å²) >= 11 is 11.7. The van der Waals surface area contributed by atoms with Crippen LogP contribution < -0.4 is 5.32 Å². The van der Waals surface area contributed by atoms with Gasteiger partial charge in [0.05, 0.1) is 12.5 Å². The average molecular weight is 338 g/mol. The van der Waals surface area contributed by atoms with Crippen LogP contribution >= 0.6 is 23.2 Å². The van der Waals surface area contributed by atoms with Crippen LogP contribution in [0.25, 0.3) is 0 Å². The van der Waals surface area contributed by atoms with Crippen LogP contribution in [0.5, 0.6) is 0 Å². The molecule has 0 aliphatic heterocycles. The van der Waals surface area contributed by atoms with Crippen LogP contribution in [-0.2, 0) is 15.6 Å². The Morgan fingerprint density at radius 1 is 1.35 bits per heavy atom. The van der Waals surface area contributed by atoms with Crippen molar-refractivity contribution in [1.29, 1.82) is 0 Å². The molecule has 1 rings (SSSR count). The largest absolute Gasteiger partial charge is 0.388 e. The molecule has 4 nitrogen and oxygen atoms in total. The van der Waals surface area contributed by atoms with Gasteiger partial charge in [0.2, 0.25) is 5.91 Å². The molecule has 112 valence electrons. The van der Waals surface area contributed by atoms with Gasteiger partial charge in [-0.25, -0.2) is 0 Å². The number of nitrogens with one attached hydrogen (secondary N) is 1. The van der Waals surface area contributed by atoms with Crippen LogP contribution in [0.1, 0.15) is 25.0 Å². The van der Waals surface area contributed by atoms with Crippen molar-refractivity contribution in [1.82, 2.24) is 5.32 Å². The summed E-state index contributed by atoms with van der Waals surface area (Å²) in [5.41, 5.74) is 0.491. The zero-order chi connectivity index (χ0) is 15.3. The number of rotatable bonds is 6. The maximum atomic E-state index is 11.7. The van der Waals surface area contributed by atoms with Crippen molar-refractivity contribution in [3.05, 3.63) is 33.8 Å². The van der Waals surface area contributed by atoms with E-state index in [0.717, 1.165) is 0 Å². The van der Waals surface area contributed by atoms with Crippen molar-refractivity contribution in [3.8, 4) is 0 Å². The van der Waals surface area contributed by atoms with Gasteiger partial charge in [-0.1, -0.05) is 23.2 Å². The molecule has 0 aliphatic rings. The molecule has 0 spiro atoms. The molecule has 1 amide bonds. The van der Waals surface area contributed by atoms with Gasteiger partial charge in [-0.15, -0.1) is 0 Å². The fourth-order valence-corrected chi connectivity index (χ4v) is 2.37. The Labute approximate surface area is 130 Å². The third-order valence-electron chi connectivity index (χ3n) is 2.80. The molecule has 0 saturated carbocycles. The van der Waals surface area contributed by atoms with E-state index in [1.54, 1.807) is 31.4 Å². The SMILES string of the molecule is CC(CNC(=O)CC(O)c1cc(Cl)cc(Cl)c1)S(C)=O. The minimum atomic E-state index is -0.994. The second-order valence-corrected chi connectivity index (χ2v) is 7.21. The second-order valence-electron chi connectivity index (χ2n) is 4.54. The maximum absolute atomic E-state index is 11.7. The first-order valence-electron chi connectivity index (χ1n) is 6.02. The number of carbonyl (C=O) groups excluding carboxylic acids is 1. The summed E-state index contributed by atoms with van der Waals surface area (Å²) in [4.78, 5) is 11.7. The normalized spacial score (nSPS) is 15.4. The van der Waals surface area contributed by atoms with E-state index in [2.05, 4.69) is 5.32 Å². The number of amides is 1. The summed E-state index contributed by atoms with van der Waals surface area (Å²) in [5.74, 6) is -0.314. The Morgan fingerprint density at radius 3 is 2.40 bits per heavy atom. The predicted molar refractivity (Wildman–Crippen MR) is 82.6 cm³/mol. The molecule has 7 heteroatoms. The number of benzene rings is 1. The smallest absolute Gasteiger partial charge is 0.222 e. The van der Waals surface area contributed by atoms with E-state index in [4.69, 9.17) is 23.2 Å². The summed E-state index contributed by atoms with van der Waals surface area (Å²) in [6.45, 7) is 2.09. The first-order chi connectivity index (χ1) is 9.29. The molecule has 20 heavy (non-hydrogen) atoms. The minimum Gasteiger partial charge on any atom is -0.388 e. The van der Waals surface area contributed by atoms with Crippen molar-refractivity contribution >= 4 is 39.9 Å². The summed E-state index contributed by atoms with van der Waals surface area (Å²) < 4.78 is 11.2. The number of carbonyl (C=O) groups is 1. The van der Waals surface area contributed by atoms with Crippen molar-refractivity contribution in [2.45, 2.75) is 24.7 Å². The Balaban J connectivity index is 2.55. The molecular weight excluding hydrogens is 321 g/mol. The van der Waals surface area contributed by atoms with Crippen LogP contribution in [0.2, 0.25) is 10.0 Å². The molecule has 3 unspecified atom stereocenters. The highest BCUT2D eigenvalue weighted by Crippen LogP contribution is 2.25. The van der Waals surface area contributed by atoms with E-state index in [0.29, 0.717) is 22.2 Å².